The maximum absolute atomic E-state index is 8.00. The van der Waals surface area contributed by atoms with Crippen LogP contribution in [0.15, 0.2) is 55.1 Å². The van der Waals surface area contributed by atoms with Gasteiger partial charge in [0.15, 0.2) is 0 Å². The summed E-state index contributed by atoms with van der Waals surface area (Å²) < 4.78 is 0. The Morgan fingerprint density at radius 3 is 2.04 bits per heavy atom. The average Bonchev–Trinajstić information content (AvgIpc) is 2.65. The molecule has 0 saturated carbocycles. The summed E-state index contributed by atoms with van der Waals surface area (Å²) in [6, 6.07) is 10.7. The summed E-state index contributed by atoms with van der Waals surface area (Å²) in [5.74, 6) is 0.698. The summed E-state index contributed by atoms with van der Waals surface area (Å²) in [4.78, 5) is 8.00. The molecule has 0 fully saturated rings. The zero-order chi connectivity index (χ0) is 18.3. The van der Waals surface area contributed by atoms with E-state index in [2.05, 4.69) is 56.0 Å². The largest absolute Gasteiger partial charge is 0.307 e. The molecule has 1 aromatic rings. The smallest absolute Gasteiger partial charge is 0.106 e. The van der Waals surface area contributed by atoms with Crippen LogP contribution < -0.4 is 0 Å². The summed E-state index contributed by atoms with van der Waals surface area (Å²) in [5, 5.41) is 0. The normalized spacial score (nSPS) is 9.71. The van der Waals surface area contributed by atoms with Crippen molar-refractivity contribution in [2.75, 3.05) is 0 Å². The number of rotatable bonds is 8. The third-order valence-corrected chi connectivity index (χ3v) is 2.97. The summed E-state index contributed by atoms with van der Waals surface area (Å²) in [5.41, 5.74) is 1.45. The fourth-order valence-electron chi connectivity index (χ4n) is 1.91. The lowest BCUT2D eigenvalue weighted by Crippen LogP contribution is -1.92. The molecule has 0 aliphatic rings. The number of carbonyl (C=O) groups is 1. The van der Waals surface area contributed by atoms with E-state index in [1.54, 1.807) is 0 Å². The van der Waals surface area contributed by atoms with Gasteiger partial charge in [0.25, 0.3) is 0 Å². The number of benzene rings is 1. The Bertz CT molecular complexity index is 346. The molecule has 1 atom stereocenters. The minimum Gasteiger partial charge on any atom is -0.307 e. The number of unbranched alkanes of at least 4 members (excludes halogenated alkanes) is 1. The average molecular weight is 446 g/mol. The van der Waals surface area contributed by atoms with E-state index in [-0.39, 0.29) is 24.0 Å². The van der Waals surface area contributed by atoms with Gasteiger partial charge in [0.2, 0.25) is 0 Å². The van der Waals surface area contributed by atoms with Crippen LogP contribution in [0.1, 0.15) is 65.9 Å². The molecule has 1 nitrogen and oxygen atoms in total. The van der Waals surface area contributed by atoms with E-state index >= 15 is 0 Å². The van der Waals surface area contributed by atoms with Crippen molar-refractivity contribution in [1.82, 2.24) is 0 Å². The molecule has 1 rings (SSSR count). The molecule has 0 amide bonds. The molecule has 0 radical (unpaired) electrons. The van der Waals surface area contributed by atoms with E-state index in [1.807, 2.05) is 40.6 Å². The Morgan fingerprint density at radius 2 is 1.54 bits per heavy atom. The first-order valence-electron chi connectivity index (χ1n) is 8.93. The highest BCUT2D eigenvalue weighted by Crippen LogP contribution is 2.12. The van der Waals surface area contributed by atoms with Gasteiger partial charge in [0.1, 0.15) is 6.79 Å². The molecule has 0 bridgehead atoms. The molecule has 1 unspecified atom stereocenters. The first-order valence-corrected chi connectivity index (χ1v) is 8.93. The first kappa shape index (κ1) is 30.9. The Kier molecular flexibility index (Phi) is 38.7. The summed E-state index contributed by atoms with van der Waals surface area (Å²) in [6.45, 7) is 16.0. The van der Waals surface area contributed by atoms with Crippen LogP contribution >= 0.6 is 24.0 Å². The maximum atomic E-state index is 8.00. The SMILES string of the molecule is C=CCC/C=C/C(C)CCCc1ccccc1.C=O.CC.CC.I. The maximum Gasteiger partial charge on any atom is 0.106 e. The topological polar surface area (TPSA) is 17.1 Å². The van der Waals surface area contributed by atoms with Crippen molar-refractivity contribution in [3.8, 4) is 0 Å². The summed E-state index contributed by atoms with van der Waals surface area (Å²) in [6.07, 6.45) is 12.6. The van der Waals surface area contributed by atoms with Gasteiger partial charge in [0, 0.05) is 0 Å². The lowest BCUT2D eigenvalue weighted by molar-refractivity contribution is -0.0979. The quantitative estimate of drug-likeness (QED) is 0.228. The minimum atomic E-state index is 0. The van der Waals surface area contributed by atoms with Crippen LogP contribution in [0.25, 0.3) is 0 Å². The molecule has 1 aromatic carbocycles. The van der Waals surface area contributed by atoms with Crippen LogP contribution in [0.3, 0.4) is 0 Å². The second-order valence-electron chi connectivity index (χ2n) is 4.65. The van der Waals surface area contributed by atoms with E-state index in [4.69, 9.17) is 4.79 Å². The number of aryl methyl sites for hydroxylation is 1. The minimum absolute atomic E-state index is 0. The van der Waals surface area contributed by atoms with Crippen LogP contribution in [0.2, 0.25) is 0 Å². The molecule has 140 valence electrons. The molecule has 24 heavy (non-hydrogen) atoms. The van der Waals surface area contributed by atoms with Gasteiger partial charge in [-0.25, -0.2) is 0 Å². The molecular weight excluding hydrogens is 407 g/mol. The first-order chi connectivity index (χ1) is 11.3. The molecule has 0 spiro atoms. The summed E-state index contributed by atoms with van der Waals surface area (Å²) >= 11 is 0. The van der Waals surface area contributed by atoms with Gasteiger partial charge in [-0.1, -0.05) is 83.2 Å². The third-order valence-electron chi connectivity index (χ3n) is 2.97. The fourth-order valence-corrected chi connectivity index (χ4v) is 1.91. The third kappa shape index (κ3) is 23.4. The van der Waals surface area contributed by atoms with Crippen molar-refractivity contribution in [3.63, 3.8) is 0 Å². The number of hydrogen-bond acceptors (Lipinski definition) is 1. The van der Waals surface area contributed by atoms with E-state index in [0.717, 1.165) is 12.8 Å². The Morgan fingerprint density at radius 1 is 1.00 bits per heavy atom. The van der Waals surface area contributed by atoms with Crippen molar-refractivity contribution in [3.05, 3.63) is 60.7 Å². The molecule has 0 aromatic heterocycles. The second-order valence-corrected chi connectivity index (χ2v) is 4.65. The molecule has 0 saturated heterocycles. The monoisotopic (exact) mass is 446 g/mol. The van der Waals surface area contributed by atoms with Gasteiger partial charge in [-0.05, 0) is 43.6 Å². The van der Waals surface area contributed by atoms with Gasteiger partial charge in [-0.15, -0.1) is 30.6 Å². The van der Waals surface area contributed by atoms with Crippen molar-refractivity contribution >= 4 is 30.8 Å². The molecular formula is C22H39IO. The fraction of sp³-hybridized carbons (Fsp3) is 0.500. The van der Waals surface area contributed by atoms with Crippen LogP contribution in [-0.4, -0.2) is 6.79 Å². The van der Waals surface area contributed by atoms with Crippen molar-refractivity contribution < 1.29 is 4.79 Å². The second kappa shape index (κ2) is 30.0. The molecule has 0 aliphatic heterocycles. The Hall–Kier alpha value is -0.900. The van der Waals surface area contributed by atoms with E-state index in [1.165, 1.54) is 24.8 Å². The highest BCUT2D eigenvalue weighted by molar-refractivity contribution is 14.0. The number of allylic oxidation sites excluding steroid dienone is 3. The van der Waals surface area contributed by atoms with E-state index < -0.39 is 0 Å². The van der Waals surface area contributed by atoms with Crippen LogP contribution in [0, 0.1) is 5.92 Å². The van der Waals surface area contributed by atoms with Gasteiger partial charge >= 0.3 is 0 Å². The Labute approximate surface area is 168 Å². The highest BCUT2D eigenvalue weighted by atomic mass is 127. The van der Waals surface area contributed by atoms with E-state index in [9.17, 15) is 0 Å². The number of halogens is 1. The molecule has 0 aliphatic carbocycles. The lowest BCUT2D eigenvalue weighted by Gasteiger charge is -2.06. The van der Waals surface area contributed by atoms with Crippen molar-refractivity contribution in [2.24, 2.45) is 5.92 Å². The van der Waals surface area contributed by atoms with Crippen molar-refractivity contribution in [2.45, 2.75) is 66.7 Å². The zero-order valence-electron chi connectivity index (χ0n) is 16.5. The summed E-state index contributed by atoms with van der Waals surface area (Å²) in [7, 11) is 0. The van der Waals surface area contributed by atoms with Gasteiger partial charge in [0.05, 0.1) is 0 Å². The zero-order valence-corrected chi connectivity index (χ0v) is 18.8. The van der Waals surface area contributed by atoms with Crippen LogP contribution in [0.4, 0.5) is 0 Å². The van der Waals surface area contributed by atoms with Gasteiger partial charge in [-0.2, -0.15) is 0 Å². The molecule has 0 N–H and O–H groups in total. The lowest BCUT2D eigenvalue weighted by atomic mass is 10.0. The van der Waals surface area contributed by atoms with Gasteiger partial charge < -0.3 is 4.79 Å². The standard InChI is InChI=1S/C17H24.2C2H6.CH2O.HI/c1-3-4-5-7-11-16(2)12-10-15-17-13-8-6-9-14-17;3*1-2;/h3,6-9,11,13-14,16H,1,4-5,10,12,15H2,2H3;2*1-2H3;1H2;1H/b11-7+;;;;. The molecule has 0 heterocycles. The predicted molar refractivity (Wildman–Crippen MR) is 122 cm³/mol. The van der Waals surface area contributed by atoms with Gasteiger partial charge in [-0.3, -0.25) is 0 Å². The Balaban J connectivity index is -0.000000256. The highest BCUT2D eigenvalue weighted by Gasteiger charge is 1.97. The van der Waals surface area contributed by atoms with Crippen LogP contribution in [0.5, 0.6) is 0 Å². The number of hydrogen-bond donors (Lipinski definition) is 0. The number of carbonyl (C=O) groups excluding carboxylic acids is 1. The predicted octanol–water partition coefficient (Wildman–Crippen LogP) is 7.65. The van der Waals surface area contributed by atoms with E-state index in [0.29, 0.717) is 5.92 Å². The van der Waals surface area contributed by atoms with Crippen molar-refractivity contribution in [1.29, 1.82) is 0 Å². The molecule has 2 heteroatoms. The van der Waals surface area contributed by atoms with Crippen LogP contribution in [-0.2, 0) is 11.2 Å².